The predicted molar refractivity (Wildman–Crippen MR) is 218 cm³/mol. The van der Waals surface area contributed by atoms with Gasteiger partial charge in [-0.05, 0) is 12.8 Å². The highest BCUT2D eigenvalue weighted by atomic mass is 31.2. The first-order valence-electron chi connectivity index (χ1n) is 22.2. The Bertz CT molecular complexity index is 881. The van der Waals surface area contributed by atoms with Crippen molar-refractivity contribution in [2.75, 3.05) is 47.5 Å². The van der Waals surface area contributed by atoms with Crippen LogP contribution in [0.3, 0.4) is 0 Å². The maximum Gasteiger partial charge on any atom is 0.306 e. The van der Waals surface area contributed by atoms with Crippen LogP contribution in [0.1, 0.15) is 213 Å². The van der Waals surface area contributed by atoms with Crippen LogP contribution in [0.25, 0.3) is 0 Å². The molecule has 0 aliphatic rings. The zero-order valence-corrected chi connectivity index (χ0v) is 36.4. The number of esters is 2. The molecule has 0 aliphatic carbocycles. The molecule has 53 heavy (non-hydrogen) atoms. The van der Waals surface area contributed by atoms with Crippen LogP contribution in [-0.2, 0) is 32.7 Å². The molecule has 9 nitrogen and oxygen atoms in total. The Morgan fingerprint density at radius 2 is 0.849 bits per heavy atom. The van der Waals surface area contributed by atoms with Crippen LogP contribution in [0.4, 0.5) is 0 Å². The molecule has 2 atom stereocenters. The first-order valence-corrected chi connectivity index (χ1v) is 23.7. The molecule has 0 heterocycles. The molecule has 0 aromatic carbocycles. The highest BCUT2D eigenvalue weighted by Gasteiger charge is 2.21. The van der Waals surface area contributed by atoms with Gasteiger partial charge in [-0.3, -0.25) is 14.2 Å². The summed E-state index contributed by atoms with van der Waals surface area (Å²) in [4.78, 5) is 37.4. The van der Waals surface area contributed by atoms with Gasteiger partial charge in [0.25, 0.3) is 7.82 Å². The van der Waals surface area contributed by atoms with Gasteiger partial charge >= 0.3 is 11.9 Å². The molecule has 1 unspecified atom stereocenters. The number of carbonyl (C=O) groups is 2. The van der Waals surface area contributed by atoms with E-state index < -0.39 is 26.5 Å². The van der Waals surface area contributed by atoms with E-state index in [1.807, 2.05) is 21.1 Å². The summed E-state index contributed by atoms with van der Waals surface area (Å²) in [6.07, 6.45) is 35.5. The summed E-state index contributed by atoms with van der Waals surface area (Å²) >= 11 is 0. The van der Waals surface area contributed by atoms with Gasteiger partial charge in [0.2, 0.25) is 0 Å². The second kappa shape index (κ2) is 36.6. The zero-order chi connectivity index (χ0) is 39.3. The lowest BCUT2D eigenvalue weighted by atomic mass is 10.0. The summed E-state index contributed by atoms with van der Waals surface area (Å²) in [5, 5.41) is 0. The van der Waals surface area contributed by atoms with Crippen molar-refractivity contribution in [3.63, 3.8) is 0 Å². The van der Waals surface area contributed by atoms with Crippen molar-refractivity contribution in [2.24, 2.45) is 0 Å². The zero-order valence-electron chi connectivity index (χ0n) is 35.5. The van der Waals surface area contributed by atoms with Crippen molar-refractivity contribution in [3.8, 4) is 0 Å². The number of nitrogens with zero attached hydrogens (tertiary/aromatic N) is 1. The number of quaternary nitrogens is 1. The Hall–Kier alpha value is -0.990. The van der Waals surface area contributed by atoms with Gasteiger partial charge in [0.05, 0.1) is 27.7 Å². The smallest absolute Gasteiger partial charge is 0.306 e. The van der Waals surface area contributed by atoms with E-state index in [0.717, 1.165) is 32.1 Å². The Labute approximate surface area is 327 Å². The standard InChI is InChI=1S/C43H86NO8P/c1-6-8-10-12-14-16-18-19-20-21-22-23-24-26-27-29-31-33-35-42(45)49-39-41(40-51-53(47,48)50-38-37-44(3,4)5)52-43(46)36-34-32-30-28-25-17-15-13-11-9-7-2/h41H,6-40H2,1-5H3/t41-/m1/s1. The number of likely N-dealkylation sites (N-methyl/N-ethyl adjacent to an activating group) is 1. The number of phosphoric acid groups is 1. The van der Waals surface area contributed by atoms with E-state index in [2.05, 4.69) is 13.8 Å². The molecule has 0 saturated carbocycles. The minimum absolute atomic E-state index is 0.0258. The fraction of sp³-hybridized carbons (Fsp3) is 0.953. The van der Waals surface area contributed by atoms with Crippen LogP contribution in [-0.4, -0.2) is 70.0 Å². The van der Waals surface area contributed by atoms with Gasteiger partial charge in [-0.25, -0.2) is 0 Å². The van der Waals surface area contributed by atoms with Gasteiger partial charge in [0.15, 0.2) is 6.10 Å². The lowest BCUT2D eigenvalue weighted by molar-refractivity contribution is -0.870. The second-order valence-electron chi connectivity index (χ2n) is 16.4. The highest BCUT2D eigenvalue weighted by molar-refractivity contribution is 7.45. The molecule has 0 spiro atoms. The molecule has 0 fully saturated rings. The summed E-state index contributed by atoms with van der Waals surface area (Å²) in [6, 6.07) is 0. The average molecular weight is 776 g/mol. The van der Waals surface area contributed by atoms with Crippen molar-refractivity contribution in [1.82, 2.24) is 0 Å². The quantitative estimate of drug-likeness (QED) is 0.0261. The summed E-state index contributed by atoms with van der Waals surface area (Å²) in [5.41, 5.74) is 0. The number of hydrogen-bond acceptors (Lipinski definition) is 8. The van der Waals surface area contributed by atoms with Crippen molar-refractivity contribution in [1.29, 1.82) is 0 Å². The summed E-state index contributed by atoms with van der Waals surface area (Å²) in [7, 11) is 1.18. The van der Waals surface area contributed by atoms with Crippen molar-refractivity contribution in [3.05, 3.63) is 0 Å². The van der Waals surface area contributed by atoms with Crippen molar-refractivity contribution < 1.29 is 42.1 Å². The maximum absolute atomic E-state index is 12.6. The van der Waals surface area contributed by atoms with Crippen LogP contribution in [0, 0.1) is 0 Å². The number of unbranched alkanes of at least 4 members (excludes halogenated alkanes) is 27. The Kier molecular flexibility index (Phi) is 36.0. The summed E-state index contributed by atoms with van der Waals surface area (Å²) in [6.45, 7) is 4.25. The highest BCUT2D eigenvalue weighted by Crippen LogP contribution is 2.38. The maximum atomic E-state index is 12.6. The third-order valence-electron chi connectivity index (χ3n) is 9.88. The van der Waals surface area contributed by atoms with Gasteiger partial charge in [0.1, 0.15) is 19.8 Å². The molecule has 0 aliphatic heterocycles. The lowest BCUT2D eigenvalue weighted by Crippen LogP contribution is -2.37. The third-order valence-corrected chi connectivity index (χ3v) is 10.8. The predicted octanol–water partition coefficient (Wildman–Crippen LogP) is 11.8. The normalized spacial score (nSPS) is 13.5. The molecule has 0 saturated heterocycles. The molecule has 0 aromatic heterocycles. The van der Waals surface area contributed by atoms with E-state index in [4.69, 9.17) is 18.5 Å². The molecule has 0 aromatic rings. The first kappa shape index (κ1) is 52.0. The Morgan fingerprint density at radius 1 is 0.509 bits per heavy atom. The van der Waals surface area contributed by atoms with Gasteiger partial charge < -0.3 is 27.9 Å². The second-order valence-corrected chi connectivity index (χ2v) is 17.8. The van der Waals surface area contributed by atoms with E-state index in [1.54, 1.807) is 0 Å². The summed E-state index contributed by atoms with van der Waals surface area (Å²) < 4.78 is 33.9. The van der Waals surface area contributed by atoms with E-state index in [0.29, 0.717) is 17.4 Å². The van der Waals surface area contributed by atoms with Crippen LogP contribution in [0.5, 0.6) is 0 Å². The van der Waals surface area contributed by atoms with Crippen molar-refractivity contribution in [2.45, 2.75) is 219 Å². The van der Waals surface area contributed by atoms with E-state index in [9.17, 15) is 19.0 Å². The van der Waals surface area contributed by atoms with Crippen molar-refractivity contribution >= 4 is 19.8 Å². The Morgan fingerprint density at radius 3 is 1.21 bits per heavy atom. The summed E-state index contributed by atoms with van der Waals surface area (Å²) in [5.74, 6) is -0.821. The fourth-order valence-electron chi connectivity index (χ4n) is 6.36. The van der Waals surface area contributed by atoms with Gasteiger partial charge in [-0.1, -0.05) is 187 Å². The first-order chi connectivity index (χ1) is 25.5. The lowest BCUT2D eigenvalue weighted by Gasteiger charge is -2.28. The molecule has 0 amide bonds. The van der Waals surface area contributed by atoms with Gasteiger partial charge in [0, 0.05) is 12.8 Å². The molecule has 0 radical (unpaired) electrons. The van der Waals surface area contributed by atoms with Crippen LogP contribution in [0.2, 0.25) is 0 Å². The number of carbonyl (C=O) groups excluding carboxylic acids is 2. The number of hydrogen-bond donors (Lipinski definition) is 0. The van der Waals surface area contributed by atoms with Crippen LogP contribution < -0.4 is 4.89 Å². The Balaban J connectivity index is 4.25. The molecule has 0 bridgehead atoms. The number of ether oxygens (including phenoxy) is 2. The largest absolute Gasteiger partial charge is 0.756 e. The van der Waals surface area contributed by atoms with Gasteiger partial charge in [-0.2, -0.15) is 0 Å². The average Bonchev–Trinajstić information content (AvgIpc) is 3.10. The molecular formula is C43H86NO8P. The van der Waals surface area contributed by atoms with Crippen LogP contribution in [0.15, 0.2) is 0 Å². The molecule has 0 N–H and O–H groups in total. The minimum Gasteiger partial charge on any atom is -0.756 e. The molecule has 316 valence electrons. The minimum atomic E-state index is -4.61. The van der Waals surface area contributed by atoms with E-state index in [-0.39, 0.29) is 32.0 Å². The molecule has 10 heteroatoms. The monoisotopic (exact) mass is 776 g/mol. The third kappa shape index (κ3) is 40.5. The van der Waals surface area contributed by atoms with Gasteiger partial charge in [-0.15, -0.1) is 0 Å². The fourth-order valence-corrected chi connectivity index (χ4v) is 7.09. The molecular weight excluding hydrogens is 689 g/mol. The topological polar surface area (TPSA) is 111 Å². The number of rotatable bonds is 41. The van der Waals surface area contributed by atoms with E-state index in [1.165, 1.54) is 148 Å². The van der Waals surface area contributed by atoms with E-state index >= 15 is 0 Å². The number of phosphoric ester groups is 1. The molecule has 0 rings (SSSR count). The van der Waals surface area contributed by atoms with Crippen LogP contribution >= 0.6 is 7.82 Å². The SMILES string of the molecule is CCCCCCCCCCCCCCCCCCCCC(=O)OC[C@H](COP(=O)([O-])OCC[N+](C)(C)C)OC(=O)CCCCCCCCCCCCC.